The lowest BCUT2D eigenvalue weighted by atomic mass is 9.75. The van der Waals surface area contributed by atoms with Crippen LogP contribution in [0.3, 0.4) is 0 Å². The molecule has 2 aromatic rings. The van der Waals surface area contributed by atoms with E-state index in [2.05, 4.69) is 0 Å². The van der Waals surface area contributed by atoms with E-state index >= 15 is 0 Å². The highest BCUT2D eigenvalue weighted by atomic mass is 32.2. The summed E-state index contributed by atoms with van der Waals surface area (Å²) in [6, 6.07) is 7.94. The van der Waals surface area contributed by atoms with E-state index in [1.54, 1.807) is 42.9 Å². The van der Waals surface area contributed by atoms with Gasteiger partial charge in [0.1, 0.15) is 16.7 Å². The summed E-state index contributed by atoms with van der Waals surface area (Å²) < 4.78 is 156. The number of unbranched alkanes of at least 4 members (excludes halogenated alkanes) is 2. The number of hydrogen-bond acceptors (Lipinski definition) is 14. The molecular formula is C40H56N2O17S4. The van der Waals surface area contributed by atoms with Gasteiger partial charge in [0.15, 0.2) is 5.71 Å². The first kappa shape index (κ1) is 52.0. The Balaban J connectivity index is 1.89. The van der Waals surface area contributed by atoms with Crippen LogP contribution in [0.25, 0.3) is 0 Å². The molecule has 2 aliphatic heterocycles. The average Bonchev–Trinajstić information content (AvgIpc) is 3.53. The maximum Gasteiger partial charge on any atom is 0.303 e. The molecule has 2 aromatic carbocycles. The summed E-state index contributed by atoms with van der Waals surface area (Å²) in [6.45, 7) is 5.35. The number of aliphatic carboxylic acids is 1. The Morgan fingerprint density at radius 2 is 1.38 bits per heavy atom. The maximum absolute atomic E-state index is 12.3. The van der Waals surface area contributed by atoms with Gasteiger partial charge in [0.25, 0.3) is 30.4 Å². The molecule has 0 fully saturated rings. The predicted molar refractivity (Wildman–Crippen MR) is 231 cm³/mol. The quantitative estimate of drug-likeness (QED) is 0.0557. The Morgan fingerprint density at radius 3 is 2.00 bits per heavy atom. The fourth-order valence-corrected chi connectivity index (χ4v) is 10.1. The minimum Gasteiger partial charge on any atom is -0.744 e. The fraction of sp³-hybridized carbons (Fsp3) is 0.550. The summed E-state index contributed by atoms with van der Waals surface area (Å²) in [7, 11) is -16.9. The lowest BCUT2D eigenvalue weighted by Crippen LogP contribution is -2.32. The zero-order chi connectivity index (χ0) is 46.9. The van der Waals surface area contributed by atoms with Crippen molar-refractivity contribution in [3.05, 3.63) is 71.5 Å². The van der Waals surface area contributed by atoms with Crippen LogP contribution in [0.2, 0.25) is 0 Å². The molecule has 4 N–H and O–H groups in total. The Labute approximate surface area is 369 Å². The zero-order valence-electron chi connectivity index (χ0n) is 35.3. The van der Waals surface area contributed by atoms with Crippen molar-refractivity contribution >= 4 is 63.5 Å². The van der Waals surface area contributed by atoms with Crippen molar-refractivity contribution in [2.75, 3.05) is 69.6 Å². The van der Waals surface area contributed by atoms with E-state index in [1.165, 1.54) is 24.3 Å². The number of allylic oxidation sites excluding steroid dienone is 4. The molecule has 2 unspecified atom stereocenters. The normalized spacial score (nSPS) is 20.0. The lowest BCUT2D eigenvalue weighted by molar-refractivity contribution is -0.437. The smallest absolute Gasteiger partial charge is 0.303 e. The number of carboxylic acid groups (broad SMARTS) is 1. The standard InChI is InChI=1S/C40H56N2O17S4/c1-39(17-8-26-60(45,46)47)32-28-30(62(51,52)53)13-15-34(32)42(20-9-27-61(48,49)50)36(39)10-7-11-37-40(2,18-21-58-24-25-59-23-22-57-3)33-29-31(63(54,55)56)14-16-35(33)41(37)19-6-4-5-12-38(43)44/h7,10-11,13-16,28-29H,4-6,8-9,12,17-27H2,1-3H3,(H4-,43,44,45,46,47,48,49,50,51,52,53,54,55,56). The first-order chi connectivity index (χ1) is 29.3. The van der Waals surface area contributed by atoms with E-state index in [-0.39, 0.29) is 58.5 Å². The molecule has 352 valence electrons. The van der Waals surface area contributed by atoms with Crippen molar-refractivity contribution in [2.24, 2.45) is 0 Å². The molecule has 0 aliphatic carbocycles. The number of carbonyl (C=O) groups is 1. The molecule has 0 saturated heterocycles. The molecule has 0 saturated carbocycles. The number of fused-ring (bicyclic) bond motifs is 2. The van der Waals surface area contributed by atoms with Crippen molar-refractivity contribution in [2.45, 2.75) is 85.8 Å². The second-order valence-electron chi connectivity index (χ2n) is 15.8. The van der Waals surface area contributed by atoms with Crippen LogP contribution in [0.4, 0.5) is 11.4 Å². The van der Waals surface area contributed by atoms with Gasteiger partial charge >= 0.3 is 5.97 Å². The van der Waals surface area contributed by atoms with Gasteiger partial charge in [-0.15, -0.1) is 0 Å². The molecule has 0 spiro atoms. The number of ether oxygens (including phenoxy) is 3. The summed E-state index contributed by atoms with van der Waals surface area (Å²) >= 11 is 0. The number of anilines is 1. The Bertz CT molecular complexity index is 2520. The number of carboxylic acids is 1. The topological polar surface area (TPSA) is 292 Å². The maximum atomic E-state index is 12.3. The number of rotatable bonds is 27. The van der Waals surface area contributed by atoms with Crippen LogP contribution in [0.1, 0.15) is 76.3 Å². The lowest BCUT2D eigenvalue weighted by Gasteiger charge is -2.30. The van der Waals surface area contributed by atoms with Crippen LogP contribution in [-0.2, 0) is 70.3 Å². The highest BCUT2D eigenvalue weighted by molar-refractivity contribution is 7.86. The molecule has 2 heterocycles. The van der Waals surface area contributed by atoms with Crippen LogP contribution >= 0.6 is 0 Å². The van der Waals surface area contributed by atoms with Gasteiger partial charge in [0.2, 0.25) is 5.69 Å². The van der Waals surface area contributed by atoms with Gasteiger partial charge in [-0.1, -0.05) is 12.5 Å². The third-order valence-electron chi connectivity index (χ3n) is 11.2. The van der Waals surface area contributed by atoms with Gasteiger partial charge < -0.3 is 28.8 Å². The van der Waals surface area contributed by atoms with E-state index in [1.807, 2.05) is 11.8 Å². The molecule has 23 heteroatoms. The summed E-state index contributed by atoms with van der Waals surface area (Å²) in [4.78, 5) is 12.3. The van der Waals surface area contributed by atoms with E-state index in [4.69, 9.17) is 14.2 Å². The van der Waals surface area contributed by atoms with Crippen LogP contribution in [-0.4, -0.2) is 138 Å². The van der Waals surface area contributed by atoms with Crippen LogP contribution in [0.5, 0.6) is 0 Å². The van der Waals surface area contributed by atoms with Crippen LogP contribution in [0.15, 0.2) is 70.1 Å². The minimum absolute atomic E-state index is 0.0182. The molecule has 0 aromatic heterocycles. The fourth-order valence-electron chi connectivity index (χ4n) is 8.09. The molecule has 0 radical (unpaired) electrons. The number of nitrogens with zero attached hydrogens (tertiary/aromatic N) is 2. The van der Waals surface area contributed by atoms with E-state index in [0.29, 0.717) is 72.9 Å². The average molecular weight is 965 g/mol. The van der Waals surface area contributed by atoms with Crippen LogP contribution in [0, 0.1) is 0 Å². The van der Waals surface area contributed by atoms with E-state index < -0.39 is 78.6 Å². The van der Waals surface area contributed by atoms with Gasteiger partial charge in [0, 0.05) is 67.6 Å². The zero-order valence-corrected chi connectivity index (χ0v) is 38.6. The third kappa shape index (κ3) is 14.2. The first-order valence-corrected chi connectivity index (χ1v) is 26.2. The summed E-state index contributed by atoms with van der Waals surface area (Å²) in [6.07, 6.45) is 6.66. The second-order valence-corrected chi connectivity index (χ2v) is 21.7. The highest BCUT2D eigenvalue weighted by Gasteiger charge is 2.48. The SMILES string of the molecule is COCCOCCOCCC1(C)C(=CC=CC2=[N+](CCCS(=O)(=O)O)c3ccc(S(=O)(=O)O)cc3C2(C)CCCS(=O)(=O)O)N(CCCCCC(=O)O)c2ccc(S(=O)(=O)[O-])cc21. The van der Waals surface area contributed by atoms with Crippen molar-refractivity contribution in [3.8, 4) is 0 Å². The molecule has 4 rings (SSSR count). The van der Waals surface area contributed by atoms with Gasteiger partial charge in [0.05, 0.1) is 53.1 Å². The van der Waals surface area contributed by atoms with Crippen LogP contribution < -0.4 is 4.90 Å². The van der Waals surface area contributed by atoms with Gasteiger partial charge in [-0.25, -0.2) is 8.42 Å². The van der Waals surface area contributed by atoms with Gasteiger partial charge in [-0.3, -0.25) is 18.5 Å². The number of hydrogen-bond donors (Lipinski definition) is 4. The predicted octanol–water partition coefficient (Wildman–Crippen LogP) is 4.07. The molecule has 0 amide bonds. The van der Waals surface area contributed by atoms with Crippen molar-refractivity contribution in [3.63, 3.8) is 0 Å². The molecule has 63 heavy (non-hydrogen) atoms. The number of methoxy groups -OCH3 is 1. The Morgan fingerprint density at radius 1 is 0.762 bits per heavy atom. The van der Waals surface area contributed by atoms with E-state index in [9.17, 15) is 61.8 Å². The second kappa shape index (κ2) is 21.6. The molecule has 0 bridgehead atoms. The Kier molecular flexibility index (Phi) is 17.8. The van der Waals surface area contributed by atoms with Crippen molar-refractivity contribution in [1.82, 2.24) is 0 Å². The molecule has 2 atom stereocenters. The summed E-state index contributed by atoms with van der Waals surface area (Å²) in [5.74, 6) is -2.20. The molecular weight excluding hydrogens is 909 g/mol. The van der Waals surface area contributed by atoms with E-state index in [0.717, 1.165) is 6.07 Å². The highest BCUT2D eigenvalue weighted by Crippen LogP contribution is 2.51. The van der Waals surface area contributed by atoms with Crippen molar-refractivity contribution < 1.29 is 80.6 Å². The minimum atomic E-state index is -4.89. The third-order valence-corrected chi connectivity index (χ3v) is 14.5. The van der Waals surface area contributed by atoms with Gasteiger partial charge in [-0.2, -0.15) is 29.8 Å². The first-order valence-electron chi connectivity index (χ1n) is 20.1. The summed E-state index contributed by atoms with van der Waals surface area (Å²) in [5, 5.41) is 9.20. The molecule has 19 nitrogen and oxygen atoms in total. The molecule has 2 aliphatic rings. The number of benzene rings is 2. The monoisotopic (exact) mass is 964 g/mol. The summed E-state index contributed by atoms with van der Waals surface area (Å²) in [5.41, 5.74) is 0.759. The largest absolute Gasteiger partial charge is 0.744 e. The van der Waals surface area contributed by atoms with Gasteiger partial charge in [-0.05, 0) is 87.9 Å². The van der Waals surface area contributed by atoms with Crippen molar-refractivity contribution in [1.29, 1.82) is 0 Å². The Hall–Kier alpha value is -3.62.